The highest BCUT2D eigenvalue weighted by atomic mass is 19.1. The number of rotatable bonds is 8. The van der Waals surface area contributed by atoms with Crippen molar-refractivity contribution in [3.63, 3.8) is 0 Å². The van der Waals surface area contributed by atoms with Gasteiger partial charge in [0.1, 0.15) is 23.4 Å². The van der Waals surface area contributed by atoms with Crippen molar-refractivity contribution >= 4 is 29.3 Å². The lowest BCUT2D eigenvalue weighted by atomic mass is 9.96. The number of benzene rings is 2. The molecule has 196 valence electrons. The molecule has 0 aromatic heterocycles. The molecule has 2 aromatic carbocycles. The predicted octanol–water partition coefficient (Wildman–Crippen LogP) is 3.00. The molecule has 2 aliphatic rings. The molecule has 0 radical (unpaired) electrons. The third-order valence-electron chi connectivity index (χ3n) is 6.50. The molecule has 1 fully saturated rings. The Labute approximate surface area is 214 Å². The van der Waals surface area contributed by atoms with Crippen molar-refractivity contribution in [2.24, 2.45) is 5.92 Å². The average molecular weight is 513 g/mol. The quantitative estimate of drug-likeness (QED) is 0.396. The van der Waals surface area contributed by atoms with Gasteiger partial charge in [-0.1, -0.05) is 6.07 Å². The maximum Gasteiger partial charge on any atom is 0.309 e. The zero-order valence-corrected chi connectivity index (χ0v) is 20.8. The normalized spacial score (nSPS) is 16.5. The smallest absolute Gasteiger partial charge is 0.309 e. The van der Waals surface area contributed by atoms with Crippen LogP contribution >= 0.6 is 0 Å². The van der Waals surface area contributed by atoms with Crippen LogP contribution < -0.4 is 14.4 Å². The van der Waals surface area contributed by atoms with Crippen molar-refractivity contribution in [1.29, 1.82) is 0 Å². The fraction of sp³-hybridized carbons (Fsp3) is 0.407. The first-order valence-corrected chi connectivity index (χ1v) is 12.2. The van der Waals surface area contributed by atoms with Gasteiger partial charge in [0.2, 0.25) is 5.91 Å². The Hall–Kier alpha value is -3.95. The maximum atomic E-state index is 13.4. The van der Waals surface area contributed by atoms with E-state index in [1.807, 2.05) is 0 Å². The Morgan fingerprint density at radius 1 is 1.14 bits per heavy atom. The molecule has 2 amide bonds. The van der Waals surface area contributed by atoms with E-state index in [9.17, 15) is 23.6 Å². The van der Waals surface area contributed by atoms with Crippen LogP contribution in [0.3, 0.4) is 0 Å². The molecular formula is C27H29FN2O7. The SMILES string of the molecule is CCOC(=O)C1CCN(C(=O)C(C)N2C(=O)COc3ccc(C(=O)COc4cccc(F)c4)cc32)CC1. The van der Waals surface area contributed by atoms with Crippen molar-refractivity contribution in [3.05, 3.63) is 53.8 Å². The van der Waals surface area contributed by atoms with Crippen LogP contribution in [0.1, 0.15) is 37.0 Å². The number of hydrogen-bond donors (Lipinski definition) is 0. The number of ether oxygens (including phenoxy) is 3. The molecule has 2 heterocycles. The Morgan fingerprint density at radius 2 is 1.89 bits per heavy atom. The van der Waals surface area contributed by atoms with E-state index in [-0.39, 0.29) is 48.1 Å². The Kier molecular flexibility index (Phi) is 8.05. The van der Waals surface area contributed by atoms with Gasteiger partial charge in [0.15, 0.2) is 19.0 Å². The third kappa shape index (κ3) is 5.90. The first kappa shape index (κ1) is 26.1. The number of esters is 1. The molecule has 0 N–H and O–H groups in total. The molecule has 37 heavy (non-hydrogen) atoms. The van der Waals surface area contributed by atoms with Gasteiger partial charge in [0.05, 0.1) is 18.2 Å². The number of amides is 2. The number of nitrogens with zero attached hydrogens (tertiary/aromatic N) is 2. The highest BCUT2D eigenvalue weighted by Gasteiger charge is 2.37. The number of piperidine rings is 1. The number of fused-ring (bicyclic) bond motifs is 1. The van der Waals surface area contributed by atoms with E-state index in [1.165, 1.54) is 29.2 Å². The molecule has 0 aliphatic carbocycles. The van der Waals surface area contributed by atoms with Crippen LogP contribution in [0.15, 0.2) is 42.5 Å². The van der Waals surface area contributed by atoms with Crippen LogP contribution in [0, 0.1) is 11.7 Å². The van der Waals surface area contributed by atoms with Crippen molar-refractivity contribution in [2.75, 3.05) is 37.8 Å². The zero-order chi connectivity index (χ0) is 26.5. The minimum absolute atomic E-state index is 0.220. The first-order chi connectivity index (χ1) is 17.8. The monoisotopic (exact) mass is 512 g/mol. The minimum Gasteiger partial charge on any atom is -0.485 e. The minimum atomic E-state index is -0.844. The second-order valence-corrected chi connectivity index (χ2v) is 8.93. The Bertz CT molecular complexity index is 1190. The van der Waals surface area contributed by atoms with Gasteiger partial charge in [-0.3, -0.25) is 24.1 Å². The zero-order valence-electron chi connectivity index (χ0n) is 20.8. The molecule has 0 saturated carbocycles. The van der Waals surface area contributed by atoms with Gasteiger partial charge in [0.25, 0.3) is 5.91 Å². The molecule has 1 atom stereocenters. The Morgan fingerprint density at radius 3 is 2.59 bits per heavy atom. The summed E-state index contributed by atoms with van der Waals surface area (Å²) in [5.74, 6) is -1.42. The number of Topliss-reactive ketones (excluding diaryl/α,β-unsaturated/α-hetero) is 1. The molecule has 2 aromatic rings. The number of ketones is 1. The molecule has 9 nitrogen and oxygen atoms in total. The first-order valence-electron chi connectivity index (χ1n) is 12.2. The van der Waals surface area contributed by atoms with Crippen molar-refractivity contribution in [3.8, 4) is 11.5 Å². The maximum absolute atomic E-state index is 13.4. The lowest BCUT2D eigenvalue weighted by molar-refractivity contribution is -0.151. The average Bonchev–Trinajstić information content (AvgIpc) is 2.91. The number of hydrogen-bond acceptors (Lipinski definition) is 7. The summed E-state index contributed by atoms with van der Waals surface area (Å²) >= 11 is 0. The molecule has 0 spiro atoms. The van der Waals surface area contributed by atoms with Crippen LogP contribution in [0.5, 0.6) is 11.5 Å². The van der Waals surface area contributed by atoms with Gasteiger partial charge < -0.3 is 19.1 Å². The summed E-state index contributed by atoms with van der Waals surface area (Å²) in [4.78, 5) is 54.0. The second kappa shape index (κ2) is 11.4. The van der Waals surface area contributed by atoms with Crippen molar-refractivity contribution in [2.45, 2.75) is 32.7 Å². The summed E-state index contributed by atoms with van der Waals surface area (Å²) in [7, 11) is 0. The summed E-state index contributed by atoms with van der Waals surface area (Å²) in [5, 5.41) is 0. The van der Waals surface area contributed by atoms with Crippen molar-refractivity contribution in [1.82, 2.24) is 4.90 Å². The van der Waals surface area contributed by atoms with Crippen molar-refractivity contribution < 1.29 is 37.8 Å². The van der Waals surface area contributed by atoms with Gasteiger partial charge in [-0.25, -0.2) is 4.39 Å². The molecule has 0 bridgehead atoms. The highest BCUT2D eigenvalue weighted by Crippen LogP contribution is 2.35. The molecule has 10 heteroatoms. The number of carbonyl (C=O) groups is 4. The van der Waals surface area contributed by atoms with E-state index in [2.05, 4.69) is 0 Å². The lowest BCUT2D eigenvalue weighted by Gasteiger charge is -2.38. The molecular weight excluding hydrogens is 483 g/mol. The lowest BCUT2D eigenvalue weighted by Crippen LogP contribution is -2.54. The van der Waals surface area contributed by atoms with Gasteiger partial charge in [0, 0.05) is 24.7 Å². The number of halogens is 1. The van der Waals surface area contributed by atoms with E-state index >= 15 is 0 Å². The van der Waals surface area contributed by atoms with E-state index in [1.54, 1.807) is 36.9 Å². The molecule has 2 aliphatic heterocycles. The molecule has 1 saturated heterocycles. The van der Waals surface area contributed by atoms with E-state index in [0.717, 1.165) is 0 Å². The highest BCUT2D eigenvalue weighted by molar-refractivity contribution is 6.06. The summed E-state index contributed by atoms with van der Waals surface area (Å²) in [6.45, 7) is 3.91. The van der Waals surface area contributed by atoms with Gasteiger partial charge in [-0.15, -0.1) is 0 Å². The number of anilines is 1. The van der Waals surface area contributed by atoms with Gasteiger partial charge in [-0.05, 0) is 57.0 Å². The number of carbonyl (C=O) groups excluding carboxylic acids is 4. The summed E-state index contributed by atoms with van der Waals surface area (Å²) in [6.07, 6.45) is 0.990. The summed E-state index contributed by atoms with van der Waals surface area (Å²) in [6, 6.07) is 9.26. The summed E-state index contributed by atoms with van der Waals surface area (Å²) < 4.78 is 29.4. The molecule has 4 rings (SSSR count). The van der Waals surface area contributed by atoms with E-state index in [0.29, 0.717) is 44.0 Å². The summed E-state index contributed by atoms with van der Waals surface area (Å²) in [5.41, 5.74) is 0.573. The van der Waals surface area contributed by atoms with Crippen LogP contribution in [0.4, 0.5) is 10.1 Å². The predicted molar refractivity (Wildman–Crippen MR) is 131 cm³/mol. The standard InChI is InChI=1S/C27H29FN2O7/c1-3-35-27(34)18-9-11-29(12-10-18)26(33)17(2)30-22-13-19(7-8-24(22)37-16-25(30)32)23(31)15-36-21-6-4-5-20(28)14-21/h4-8,13-14,17-18H,3,9-12,15-16H2,1-2H3. The largest absolute Gasteiger partial charge is 0.485 e. The fourth-order valence-corrected chi connectivity index (χ4v) is 4.53. The Balaban J connectivity index is 1.46. The fourth-order valence-electron chi connectivity index (χ4n) is 4.53. The number of likely N-dealkylation sites (tertiary alicyclic amines) is 1. The van der Waals surface area contributed by atoms with Crippen LogP contribution in [-0.2, 0) is 19.1 Å². The van der Waals surface area contributed by atoms with Crippen LogP contribution in [0.2, 0.25) is 0 Å². The third-order valence-corrected chi connectivity index (χ3v) is 6.50. The van der Waals surface area contributed by atoms with Crippen LogP contribution in [-0.4, -0.2) is 67.4 Å². The van der Waals surface area contributed by atoms with Gasteiger partial charge in [-0.2, -0.15) is 0 Å². The van der Waals surface area contributed by atoms with E-state index < -0.39 is 17.8 Å². The topological polar surface area (TPSA) is 102 Å². The van der Waals surface area contributed by atoms with E-state index in [4.69, 9.17) is 14.2 Å². The second-order valence-electron chi connectivity index (χ2n) is 8.93. The van der Waals surface area contributed by atoms with Gasteiger partial charge >= 0.3 is 5.97 Å². The van der Waals surface area contributed by atoms with Crippen LogP contribution in [0.25, 0.3) is 0 Å². The molecule has 1 unspecified atom stereocenters.